The number of benzene rings is 1. The molecule has 0 atom stereocenters. The van der Waals surface area contributed by atoms with Gasteiger partial charge in [0.25, 0.3) is 0 Å². The van der Waals surface area contributed by atoms with Gasteiger partial charge in [-0.15, -0.1) is 0 Å². The molecule has 0 heterocycles. The number of hydrogen-bond donors (Lipinski definition) is 2. The van der Waals surface area contributed by atoms with Crippen molar-refractivity contribution in [3.8, 4) is 0 Å². The van der Waals surface area contributed by atoms with Crippen LogP contribution < -0.4 is 11.1 Å². The molecule has 0 bridgehead atoms. The first-order valence-corrected chi connectivity index (χ1v) is 6.65. The van der Waals surface area contributed by atoms with Crippen LogP contribution in [-0.2, 0) is 11.2 Å². The van der Waals surface area contributed by atoms with E-state index in [0.717, 1.165) is 25.8 Å². The summed E-state index contributed by atoms with van der Waals surface area (Å²) in [5, 5.41) is 3.01. The van der Waals surface area contributed by atoms with Crippen LogP contribution in [0.25, 0.3) is 0 Å². The van der Waals surface area contributed by atoms with Crippen LogP contribution in [0.5, 0.6) is 0 Å². The fraction of sp³-hybridized carbons (Fsp3) is 0.533. The number of carbonyl (C=O) groups is 1. The molecule has 0 spiro atoms. The second kappa shape index (κ2) is 5.53. The lowest BCUT2D eigenvalue weighted by molar-refractivity contribution is -0.127. The molecule has 98 valence electrons. The first-order chi connectivity index (χ1) is 8.56. The van der Waals surface area contributed by atoms with E-state index in [1.165, 1.54) is 16.7 Å². The van der Waals surface area contributed by atoms with E-state index in [1.54, 1.807) is 0 Å². The van der Waals surface area contributed by atoms with Crippen LogP contribution in [0, 0.1) is 19.8 Å². The zero-order chi connectivity index (χ0) is 13.1. The van der Waals surface area contributed by atoms with E-state index in [0.29, 0.717) is 0 Å². The Labute approximate surface area is 109 Å². The van der Waals surface area contributed by atoms with Crippen molar-refractivity contribution in [2.75, 3.05) is 6.54 Å². The number of hydrogen-bond acceptors (Lipinski definition) is 2. The van der Waals surface area contributed by atoms with E-state index < -0.39 is 0 Å². The van der Waals surface area contributed by atoms with Crippen molar-refractivity contribution in [2.45, 2.75) is 39.2 Å². The number of nitrogens with two attached hydrogens (primary N) is 1. The molecule has 18 heavy (non-hydrogen) atoms. The van der Waals surface area contributed by atoms with E-state index in [2.05, 4.69) is 37.4 Å². The first kappa shape index (κ1) is 13.1. The molecule has 0 aromatic heterocycles. The van der Waals surface area contributed by atoms with Gasteiger partial charge in [0.15, 0.2) is 0 Å². The summed E-state index contributed by atoms with van der Waals surface area (Å²) in [6, 6.07) is 6.69. The molecule has 1 aliphatic rings. The molecule has 0 unspecified atom stereocenters. The van der Waals surface area contributed by atoms with Crippen molar-refractivity contribution in [1.29, 1.82) is 0 Å². The van der Waals surface area contributed by atoms with Crippen LogP contribution in [0.15, 0.2) is 18.2 Å². The fourth-order valence-electron chi connectivity index (χ4n) is 2.41. The van der Waals surface area contributed by atoms with Crippen molar-refractivity contribution in [3.63, 3.8) is 0 Å². The molecule has 1 aromatic carbocycles. The second-order valence-corrected chi connectivity index (χ2v) is 5.40. The van der Waals surface area contributed by atoms with Crippen LogP contribution in [0.3, 0.4) is 0 Å². The van der Waals surface area contributed by atoms with Gasteiger partial charge in [0.2, 0.25) is 5.91 Å². The minimum Gasteiger partial charge on any atom is -0.356 e. The van der Waals surface area contributed by atoms with Gasteiger partial charge < -0.3 is 11.1 Å². The van der Waals surface area contributed by atoms with Crippen LogP contribution in [0.1, 0.15) is 29.5 Å². The molecule has 1 fully saturated rings. The standard InChI is InChI=1S/C15H22N2O/c1-10-3-4-11(2)12(7-10)5-6-17-15(18)13-8-14(16)9-13/h3-4,7,13-14H,5-6,8-9,16H2,1-2H3,(H,17,18). The molecule has 1 aromatic rings. The lowest BCUT2D eigenvalue weighted by atomic mass is 9.80. The van der Waals surface area contributed by atoms with E-state index in [1.807, 2.05) is 0 Å². The summed E-state index contributed by atoms with van der Waals surface area (Å²) >= 11 is 0. The smallest absolute Gasteiger partial charge is 0.223 e. The fourth-order valence-corrected chi connectivity index (χ4v) is 2.41. The van der Waals surface area contributed by atoms with Crippen LogP contribution >= 0.6 is 0 Å². The Kier molecular flexibility index (Phi) is 4.02. The number of carbonyl (C=O) groups excluding carboxylic acids is 1. The molecule has 1 saturated carbocycles. The number of amides is 1. The van der Waals surface area contributed by atoms with Crippen molar-refractivity contribution in [1.82, 2.24) is 5.32 Å². The molecule has 0 aliphatic heterocycles. The summed E-state index contributed by atoms with van der Waals surface area (Å²) in [6.45, 7) is 4.92. The average molecular weight is 246 g/mol. The third-order valence-corrected chi connectivity index (χ3v) is 3.74. The first-order valence-electron chi connectivity index (χ1n) is 6.65. The SMILES string of the molecule is Cc1ccc(C)c(CCNC(=O)C2CC(N)C2)c1. The van der Waals surface area contributed by atoms with Crippen LogP contribution in [0.4, 0.5) is 0 Å². The highest BCUT2D eigenvalue weighted by atomic mass is 16.1. The lowest BCUT2D eigenvalue weighted by Gasteiger charge is -2.31. The summed E-state index contributed by atoms with van der Waals surface area (Å²) in [7, 11) is 0. The predicted molar refractivity (Wildman–Crippen MR) is 73.3 cm³/mol. The van der Waals surface area contributed by atoms with Gasteiger partial charge in [0.1, 0.15) is 0 Å². The summed E-state index contributed by atoms with van der Waals surface area (Å²) in [6.07, 6.45) is 2.59. The average Bonchev–Trinajstić information content (AvgIpc) is 2.29. The maximum atomic E-state index is 11.7. The Bertz CT molecular complexity index is 436. The molecule has 1 amide bonds. The van der Waals surface area contributed by atoms with Crippen molar-refractivity contribution in [3.05, 3.63) is 34.9 Å². The van der Waals surface area contributed by atoms with E-state index in [-0.39, 0.29) is 17.9 Å². The Morgan fingerprint density at radius 3 is 2.78 bits per heavy atom. The maximum absolute atomic E-state index is 11.7. The normalized spacial score (nSPS) is 22.4. The third-order valence-electron chi connectivity index (χ3n) is 3.74. The highest BCUT2D eigenvalue weighted by molar-refractivity contribution is 5.79. The molecular weight excluding hydrogens is 224 g/mol. The molecule has 0 radical (unpaired) electrons. The number of rotatable bonds is 4. The zero-order valence-electron chi connectivity index (χ0n) is 11.2. The summed E-state index contributed by atoms with van der Waals surface area (Å²) in [4.78, 5) is 11.7. The summed E-state index contributed by atoms with van der Waals surface area (Å²) in [5.74, 6) is 0.320. The zero-order valence-corrected chi connectivity index (χ0v) is 11.2. The van der Waals surface area contributed by atoms with Gasteiger partial charge in [-0.05, 0) is 44.2 Å². The van der Waals surface area contributed by atoms with Crippen molar-refractivity contribution in [2.24, 2.45) is 11.7 Å². The van der Waals surface area contributed by atoms with Gasteiger partial charge in [0, 0.05) is 18.5 Å². The lowest BCUT2D eigenvalue weighted by Crippen LogP contribution is -2.45. The Hall–Kier alpha value is -1.35. The maximum Gasteiger partial charge on any atom is 0.223 e. The summed E-state index contributed by atoms with van der Waals surface area (Å²) < 4.78 is 0. The molecule has 2 rings (SSSR count). The van der Waals surface area contributed by atoms with Gasteiger partial charge >= 0.3 is 0 Å². The van der Waals surface area contributed by atoms with Crippen molar-refractivity contribution >= 4 is 5.91 Å². The molecule has 1 aliphatic carbocycles. The highest BCUT2D eigenvalue weighted by Gasteiger charge is 2.31. The second-order valence-electron chi connectivity index (χ2n) is 5.40. The Morgan fingerprint density at radius 2 is 2.11 bits per heavy atom. The quantitative estimate of drug-likeness (QED) is 0.849. The Morgan fingerprint density at radius 1 is 1.39 bits per heavy atom. The monoisotopic (exact) mass is 246 g/mol. The van der Waals surface area contributed by atoms with Crippen molar-refractivity contribution < 1.29 is 4.79 Å². The predicted octanol–water partition coefficient (Wildman–Crippen LogP) is 1.70. The summed E-state index contributed by atoms with van der Waals surface area (Å²) in [5.41, 5.74) is 9.57. The van der Waals surface area contributed by atoms with E-state index in [4.69, 9.17) is 5.73 Å². The Balaban J connectivity index is 1.78. The van der Waals surface area contributed by atoms with Gasteiger partial charge in [-0.1, -0.05) is 23.8 Å². The van der Waals surface area contributed by atoms with Gasteiger partial charge in [-0.2, -0.15) is 0 Å². The third kappa shape index (κ3) is 3.10. The van der Waals surface area contributed by atoms with Gasteiger partial charge in [-0.25, -0.2) is 0 Å². The minimum atomic E-state index is 0.151. The van der Waals surface area contributed by atoms with Crippen LogP contribution in [0.2, 0.25) is 0 Å². The highest BCUT2D eigenvalue weighted by Crippen LogP contribution is 2.25. The molecule has 3 nitrogen and oxygen atoms in total. The number of aryl methyl sites for hydroxylation is 2. The molecule has 3 heteroatoms. The minimum absolute atomic E-state index is 0.151. The molecular formula is C15H22N2O. The molecule has 3 N–H and O–H groups in total. The largest absolute Gasteiger partial charge is 0.356 e. The van der Waals surface area contributed by atoms with E-state index in [9.17, 15) is 4.79 Å². The van der Waals surface area contributed by atoms with Crippen LogP contribution in [-0.4, -0.2) is 18.5 Å². The topological polar surface area (TPSA) is 55.1 Å². The molecule has 0 saturated heterocycles. The number of nitrogens with one attached hydrogen (secondary N) is 1. The van der Waals surface area contributed by atoms with Gasteiger partial charge in [-0.3, -0.25) is 4.79 Å². The van der Waals surface area contributed by atoms with Gasteiger partial charge in [0.05, 0.1) is 0 Å². The van der Waals surface area contributed by atoms with E-state index >= 15 is 0 Å².